The number of hydrogen-bond acceptors (Lipinski definition) is 7. The highest BCUT2D eigenvalue weighted by Gasteiger charge is 2.27. The number of aromatic nitrogens is 1. The van der Waals surface area contributed by atoms with Crippen LogP contribution in [0.25, 0.3) is 0 Å². The Morgan fingerprint density at radius 1 is 1.40 bits per heavy atom. The Morgan fingerprint density at radius 3 is 2.80 bits per heavy atom. The van der Waals surface area contributed by atoms with Gasteiger partial charge in [0.05, 0.1) is 7.11 Å². The molecular formula is C16H18F2N4O2S. The zero-order valence-corrected chi connectivity index (χ0v) is 14.4. The number of nitrogens with one attached hydrogen (secondary N) is 2. The van der Waals surface area contributed by atoms with Crippen molar-refractivity contribution < 1.29 is 18.3 Å². The number of halogens is 2. The van der Waals surface area contributed by atoms with Gasteiger partial charge >= 0.3 is 0 Å². The van der Waals surface area contributed by atoms with Gasteiger partial charge in [-0.3, -0.25) is 4.79 Å². The lowest BCUT2D eigenvalue weighted by Crippen LogP contribution is -2.35. The van der Waals surface area contributed by atoms with Crippen molar-refractivity contribution >= 4 is 28.1 Å². The molecule has 1 aliphatic heterocycles. The van der Waals surface area contributed by atoms with E-state index < -0.39 is 23.0 Å². The highest BCUT2D eigenvalue weighted by atomic mass is 32.1. The van der Waals surface area contributed by atoms with Crippen LogP contribution in [0.15, 0.2) is 12.1 Å². The van der Waals surface area contributed by atoms with Crippen LogP contribution in [0.1, 0.15) is 28.1 Å². The first-order valence-electron chi connectivity index (χ1n) is 7.81. The van der Waals surface area contributed by atoms with Crippen LogP contribution in [0.3, 0.4) is 0 Å². The molecule has 0 aliphatic carbocycles. The number of anilines is 2. The number of piperidine rings is 1. The molecule has 9 heteroatoms. The molecule has 0 saturated carbocycles. The summed E-state index contributed by atoms with van der Waals surface area (Å²) < 4.78 is 32.7. The molecule has 1 aromatic heterocycles. The van der Waals surface area contributed by atoms with Crippen molar-refractivity contribution in [2.45, 2.75) is 18.9 Å². The van der Waals surface area contributed by atoms with Gasteiger partial charge in [0.15, 0.2) is 16.8 Å². The number of carbonyl (C=O) groups excluding carboxylic acids is 1. The second-order valence-corrected chi connectivity index (χ2v) is 6.67. The number of rotatable bonds is 5. The van der Waals surface area contributed by atoms with Crippen LogP contribution in [0.2, 0.25) is 0 Å². The highest BCUT2D eigenvalue weighted by molar-refractivity contribution is 7.18. The molecule has 0 radical (unpaired) electrons. The summed E-state index contributed by atoms with van der Waals surface area (Å²) in [6.45, 7) is 1.80. The Labute approximate surface area is 147 Å². The van der Waals surface area contributed by atoms with Crippen molar-refractivity contribution in [3.63, 3.8) is 0 Å². The molecule has 134 valence electrons. The molecule has 0 amide bonds. The number of ketones is 1. The summed E-state index contributed by atoms with van der Waals surface area (Å²) in [5.74, 6) is -3.20. The van der Waals surface area contributed by atoms with Crippen LogP contribution < -0.4 is 21.1 Å². The van der Waals surface area contributed by atoms with Gasteiger partial charge in [-0.1, -0.05) is 11.3 Å². The van der Waals surface area contributed by atoms with Crippen LogP contribution in [0, 0.1) is 11.6 Å². The molecule has 6 nitrogen and oxygen atoms in total. The first-order chi connectivity index (χ1) is 12.0. The van der Waals surface area contributed by atoms with Crippen LogP contribution in [-0.4, -0.2) is 37.0 Å². The molecule has 2 aromatic rings. The summed E-state index contributed by atoms with van der Waals surface area (Å²) in [6.07, 6.45) is 1.85. The molecule has 1 saturated heterocycles. The van der Waals surface area contributed by atoms with Crippen molar-refractivity contribution in [2.75, 3.05) is 31.2 Å². The van der Waals surface area contributed by atoms with Crippen molar-refractivity contribution in [3.05, 3.63) is 34.2 Å². The molecule has 0 unspecified atom stereocenters. The second kappa shape index (κ2) is 7.32. The maximum absolute atomic E-state index is 14.1. The topological polar surface area (TPSA) is 89.3 Å². The lowest BCUT2D eigenvalue weighted by molar-refractivity contribution is 0.103. The van der Waals surface area contributed by atoms with Crippen LogP contribution in [-0.2, 0) is 0 Å². The normalized spacial score (nSPS) is 15.2. The van der Waals surface area contributed by atoms with E-state index in [1.807, 2.05) is 0 Å². The van der Waals surface area contributed by atoms with Crippen molar-refractivity contribution in [3.8, 4) is 5.75 Å². The number of hydrogen-bond donors (Lipinski definition) is 3. The van der Waals surface area contributed by atoms with Gasteiger partial charge in [0.25, 0.3) is 0 Å². The lowest BCUT2D eigenvalue weighted by atomic mass is 10.1. The summed E-state index contributed by atoms with van der Waals surface area (Å²) in [7, 11) is 1.28. The van der Waals surface area contributed by atoms with E-state index in [4.69, 9.17) is 10.5 Å². The van der Waals surface area contributed by atoms with Gasteiger partial charge in [-0.15, -0.1) is 0 Å². The van der Waals surface area contributed by atoms with Crippen molar-refractivity contribution in [1.82, 2.24) is 10.3 Å². The standard InChI is InChI=1S/C16H18F2N4O2S/c1-24-10-3-2-9(17)12(18)11(10)13(23)14-15(19)22-16(25-14)21-8-4-6-20-7-5-8/h2-3,8,20H,4-7,19H2,1H3,(H,21,22). The first kappa shape index (κ1) is 17.6. The summed E-state index contributed by atoms with van der Waals surface area (Å²) in [5.41, 5.74) is 5.35. The molecule has 0 atom stereocenters. The Morgan fingerprint density at radius 2 is 2.12 bits per heavy atom. The molecule has 0 bridgehead atoms. The van der Waals surface area contributed by atoms with Gasteiger partial charge in [0, 0.05) is 6.04 Å². The fourth-order valence-corrected chi connectivity index (χ4v) is 3.63. The zero-order chi connectivity index (χ0) is 18.0. The molecule has 0 spiro atoms. The van der Waals surface area contributed by atoms with E-state index in [1.54, 1.807) is 0 Å². The van der Waals surface area contributed by atoms with Gasteiger partial charge in [0.2, 0.25) is 5.78 Å². The average molecular weight is 368 g/mol. The Kier molecular flexibility index (Phi) is 5.14. The summed E-state index contributed by atoms with van der Waals surface area (Å²) in [4.78, 5) is 16.9. The molecule has 1 aliphatic rings. The van der Waals surface area contributed by atoms with Crippen molar-refractivity contribution in [2.24, 2.45) is 0 Å². The van der Waals surface area contributed by atoms with E-state index in [-0.39, 0.29) is 22.5 Å². The summed E-state index contributed by atoms with van der Waals surface area (Å²) in [5, 5.41) is 6.98. The monoisotopic (exact) mass is 368 g/mol. The highest BCUT2D eigenvalue weighted by Crippen LogP contribution is 2.33. The lowest BCUT2D eigenvalue weighted by Gasteiger charge is -2.23. The number of methoxy groups -OCH3 is 1. The van der Waals surface area contributed by atoms with Crippen molar-refractivity contribution in [1.29, 1.82) is 0 Å². The van der Waals surface area contributed by atoms with E-state index in [0.29, 0.717) is 5.13 Å². The molecule has 1 fully saturated rings. The molecule has 4 N–H and O–H groups in total. The SMILES string of the molecule is COc1ccc(F)c(F)c1C(=O)c1sc(NC2CCNCC2)nc1N. The minimum Gasteiger partial charge on any atom is -0.496 e. The number of benzene rings is 1. The summed E-state index contributed by atoms with van der Waals surface area (Å²) >= 11 is 1.03. The number of carbonyl (C=O) groups is 1. The Balaban J connectivity index is 1.89. The summed E-state index contributed by atoms with van der Waals surface area (Å²) in [6, 6.07) is 2.34. The number of nitrogen functional groups attached to an aromatic ring is 1. The quantitative estimate of drug-likeness (QED) is 0.703. The van der Waals surface area contributed by atoms with Gasteiger partial charge < -0.3 is 21.1 Å². The smallest absolute Gasteiger partial charge is 0.213 e. The predicted octanol–water partition coefficient (Wildman–Crippen LogP) is 2.41. The number of thiazole rings is 1. The third-order valence-corrected chi connectivity index (χ3v) is 5.03. The fraction of sp³-hybridized carbons (Fsp3) is 0.375. The van der Waals surface area contributed by atoms with Gasteiger partial charge in [-0.05, 0) is 38.1 Å². The van der Waals surface area contributed by atoms with Gasteiger partial charge in [-0.2, -0.15) is 0 Å². The van der Waals surface area contributed by atoms with E-state index >= 15 is 0 Å². The zero-order valence-electron chi connectivity index (χ0n) is 13.6. The number of nitrogens with two attached hydrogens (primary N) is 1. The van der Waals surface area contributed by atoms with E-state index in [0.717, 1.165) is 43.3 Å². The molecule has 25 heavy (non-hydrogen) atoms. The third-order valence-electron chi connectivity index (χ3n) is 4.03. The minimum absolute atomic E-state index is 0.0165. The average Bonchev–Trinajstić information content (AvgIpc) is 2.97. The number of ether oxygens (including phenoxy) is 1. The maximum Gasteiger partial charge on any atom is 0.213 e. The first-order valence-corrected chi connectivity index (χ1v) is 8.63. The van der Waals surface area contributed by atoms with Crippen LogP contribution >= 0.6 is 11.3 Å². The number of nitrogens with zero attached hydrogens (tertiary/aromatic N) is 1. The van der Waals surface area contributed by atoms with Crippen LogP contribution in [0.4, 0.5) is 19.7 Å². The van der Waals surface area contributed by atoms with E-state index in [9.17, 15) is 13.6 Å². The van der Waals surface area contributed by atoms with E-state index in [1.165, 1.54) is 13.2 Å². The molecular weight excluding hydrogens is 350 g/mol. The third kappa shape index (κ3) is 3.57. The largest absolute Gasteiger partial charge is 0.496 e. The Bertz CT molecular complexity index is 791. The molecule has 1 aromatic carbocycles. The fourth-order valence-electron chi connectivity index (χ4n) is 2.73. The second-order valence-electron chi connectivity index (χ2n) is 5.67. The molecule has 3 rings (SSSR count). The van der Waals surface area contributed by atoms with E-state index in [2.05, 4.69) is 15.6 Å². The van der Waals surface area contributed by atoms with Gasteiger partial charge in [-0.25, -0.2) is 13.8 Å². The van der Waals surface area contributed by atoms with Crippen LogP contribution in [0.5, 0.6) is 5.75 Å². The minimum atomic E-state index is -1.26. The Hall–Kier alpha value is -2.26. The molecule has 2 heterocycles. The predicted molar refractivity (Wildman–Crippen MR) is 92.4 cm³/mol. The van der Waals surface area contributed by atoms with Gasteiger partial charge in [0.1, 0.15) is 22.0 Å². The maximum atomic E-state index is 14.1.